The fourth-order valence-corrected chi connectivity index (χ4v) is 3.03. The van der Waals surface area contributed by atoms with E-state index in [0.29, 0.717) is 5.02 Å². The Bertz CT molecular complexity index is 950. The molecule has 0 amide bonds. The maximum Gasteiger partial charge on any atom is 0.134 e. The lowest BCUT2D eigenvalue weighted by atomic mass is 9.91. The highest BCUT2D eigenvalue weighted by molar-refractivity contribution is 6.30. The first kappa shape index (κ1) is 15.6. The van der Waals surface area contributed by atoms with Crippen molar-refractivity contribution < 1.29 is 4.42 Å². The van der Waals surface area contributed by atoms with Crippen molar-refractivity contribution in [1.82, 2.24) is 9.97 Å². The Labute approximate surface area is 151 Å². The van der Waals surface area contributed by atoms with Crippen molar-refractivity contribution in [2.24, 2.45) is 0 Å². The van der Waals surface area contributed by atoms with Crippen LogP contribution in [-0.2, 0) is 0 Å². The molecular formula is C21H15ClN2O. The van der Waals surface area contributed by atoms with Gasteiger partial charge in [-0.1, -0.05) is 54.1 Å². The van der Waals surface area contributed by atoms with Gasteiger partial charge >= 0.3 is 0 Å². The third-order valence-corrected chi connectivity index (χ3v) is 4.34. The van der Waals surface area contributed by atoms with E-state index in [4.69, 9.17) is 16.0 Å². The van der Waals surface area contributed by atoms with Gasteiger partial charge in [-0.05, 0) is 29.8 Å². The normalized spacial score (nSPS) is 12.0. The van der Waals surface area contributed by atoms with Gasteiger partial charge in [-0.25, -0.2) is 9.97 Å². The minimum absolute atomic E-state index is 0.0871. The molecule has 0 spiro atoms. The van der Waals surface area contributed by atoms with Crippen LogP contribution in [-0.4, -0.2) is 9.97 Å². The van der Waals surface area contributed by atoms with Crippen LogP contribution >= 0.6 is 11.6 Å². The van der Waals surface area contributed by atoms with E-state index in [2.05, 4.69) is 9.97 Å². The van der Waals surface area contributed by atoms with Gasteiger partial charge in [0.1, 0.15) is 17.8 Å². The first-order chi connectivity index (χ1) is 12.3. The molecule has 0 saturated carbocycles. The minimum atomic E-state index is -0.0871. The number of hydrogen-bond donors (Lipinski definition) is 0. The van der Waals surface area contributed by atoms with Gasteiger partial charge in [0.2, 0.25) is 0 Å². The van der Waals surface area contributed by atoms with Crippen molar-refractivity contribution in [3.05, 3.63) is 107 Å². The summed E-state index contributed by atoms with van der Waals surface area (Å²) < 4.78 is 6.18. The lowest BCUT2D eigenvalue weighted by Gasteiger charge is -2.15. The van der Waals surface area contributed by atoms with E-state index in [9.17, 15) is 0 Å². The first-order valence-corrected chi connectivity index (χ1v) is 8.34. The van der Waals surface area contributed by atoms with Crippen LogP contribution in [0.5, 0.6) is 0 Å². The number of aromatic nitrogens is 2. The maximum atomic E-state index is 6.18. The summed E-state index contributed by atoms with van der Waals surface area (Å²) in [5, 5.41) is 0.705. The molecule has 2 aromatic carbocycles. The molecule has 4 rings (SSSR count). The fourth-order valence-electron chi connectivity index (χ4n) is 2.90. The van der Waals surface area contributed by atoms with Crippen LogP contribution in [0.15, 0.2) is 89.9 Å². The number of hydrogen-bond acceptors (Lipinski definition) is 3. The van der Waals surface area contributed by atoms with Crippen LogP contribution in [0, 0.1) is 0 Å². The molecule has 2 aromatic heterocycles. The monoisotopic (exact) mass is 346 g/mol. The summed E-state index contributed by atoms with van der Waals surface area (Å²) in [6.45, 7) is 0. The summed E-state index contributed by atoms with van der Waals surface area (Å²) in [5.41, 5.74) is 3.10. The first-order valence-electron chi connectivity index (χ1n) is 7.97. The van der Waals surface area contributed by atoms with Crippen molar-refractivity contribution >= 4 is 11.6 Å². The van der Waals surface area contributed by atoms with Gasteiger partial charge in [0, 0.05) is 28.5 Å². The van der Waals surface area contributed by atoms with Crippen molar-refractivity contribution in [1.29, 1.82) is 0 Å². The van der Waals surface area contributed by atoms with E-state index < -0.39 is 0 Å². The smallest absolute Gasteiger partial charge is 0.134 e. The fraction of sp³-hybridized carbons (Fsp3) is 0.0476. The molecule has 0 N–H and O–H groups in total. The highest BCUT2D eigenvalue weighted by atomic mass is 35.5. The topological polar surface area (TPSA) is 38.9 Å². The van der Waals surface area contributed by atoms with Gasteiger partial charge in [-0.2, -0.15) is 0 Å². The maximum absolute atomic E-state index is 6.18. The second kappa shape index (κ2) is 6.91. The molecule has 0 saturated heterocycles. The second-order valence-electron chi connectivity index (χ2n) is 5.72. The van der Waals surface area contributed by atoms with Crippen molar-refractivity contribution in [2.75, 3.05) is 0 Å². The van der Waals surface area contributed by atoms with Crippen LogP contribution in [0.1, 0.15) is 22.8 Å². The van der Waals surface area contributed by atoms with Gasteiger partial charge in [-0.3, -0.25) is 0 Å². The Morgan fingerprint density at radius 2 is 1.48 bits per heavy atom. The molecule has 0 aliphatic rings. The Hall–Kier alpha value is -2.91. The summed E-state index contributed by atoms with van der Waals surface area (Å²) in [6.07, 6.45) is 5.16. The summed E-state index contributed by atoms with van der Waals surface area (Å²) in [6, 6.07) is 21.8. The van der Waals surface area contributed by atoms with Crippen LogP contribution in [0.2, 0.25) is 5.02 Å². The SMILES string of the molecule is Clc1ccc(C(c2cncnc2)c2ccc(-c3ccccc3)o2)cc1. The van der Waals surface area contributed by atoms with Crippen LogP contribution in [0.4, 0.5) is 0 Å². The number of halogens is 1. The molecule has 0 bridgehead atoms. The second-order valence-corrected chi connectivity index (χ2v) is 6.16. The molecule has 25 heavy (non-hydrogen) atoms. The van der Waals surface area contributed by atoms with Crippen molar-refractivity contribution in [2.45, 2.75) is 5.92 Å². The third-order valence-electron chi connectivity index (χ3n) is 4.09. The van der Waals surface area contributed by atoms with Crippen molar-refractivity contribution in [3.63, 3.8) is 0 Å². The molecule has 1 atom stereocenters. The van der Waals surface area contributed by atoms with E-state index >= 15 is 0 Å². The molecule has 4 aromatic rings. The van der Waals surface area contributed by atoms with Gasteiger partial charge < -0.3 is 4.42 Å². The largest absolute Gasteiger partial charge is 0.460 e. The summed E-state index contributed by atoms with van der Waals surface area (Å²) in [7, 11) is 0. The number of benzene rings is 2. The van der Waals surface area contributed by atoms with Gasteiger partial charge in [0.15, 0.2) is 0 Å². The highest BCUT2D eigenvalue weighted by Crippen LogP contribution is 2.35. The number of nitrogens with zero attached hydrogens (tertiary/aromatic N) is 2. The standard InChI is InChI=1S/C21H15ClN2O/c22-18-8-6-16(7-9-18)21(17-12-23-14-24-13-17)20-11-10-19(25-20)15-4-2-1-3-5-15/h1-14,21H. The molecule has 1 unspecified atom stereocenters. The van der Waals surface area contributed by atoms with Gasteiger partial charge in [0.05, 0.1) is 5.92 Å². The van der Waals surface area contributed by atoms with E-state index in [1.807, 2.05) is 79.1 Å². The molecular weight excluding hydrogens is 332 g/mol. The van der Waals surface area contributed by atoms with E-state index in [1.165, 1.54) is 6.33 Å². The zero-order valence-corrected chi connectivity index (χ0v) is 14.1. The van der Waals surface area contributed by atoms with E-state index in [0.717, 1.165) is 28.2 Å². The van der Waals surface area contributed by atoms with Gasteiger partial charge in [0.25, 0.3) is 0 Å². The lowest BCUT2D eigenvalue weighted by Crippen LogP contribution is -2.03. The van der Waals surface area contributed by atoms with Crippen LogP contribution in [0.3, 0.4) is 0 Å². The van der Waals surface area contributed by atoms with Crippen LogP contribution in [0.25, 0.3) is 11.3 Å². The summed E-state index contributed by atoms with van der Waals surface area (Å²) in [5.74, 6) is 1.60. The Morgan fingerprint density at radius 1 is 0.760 bits per heavy atom. The molecule has 122 valence electrons. The predicted molar refractivity (Wildman–Crippen MR) is 98.6 cm³/mol. The Balaban J connectivity index is 1.79. The average Bonchev–Trinajstić information content (AvgIpc) is 3.15. The molecule has 4 heteroatoms. The number of furan rings is 1. The summed E-state index contributed by atoms with van der Waals surface area (Å²) in [4.78, 5) is 8.32. The average molecular weight is 347 g/mol. The number of rotatable bonds is 4. The predicted octanol–water partition coefficient (Wildman–Crippen LogP) is 5.57. The Kier molecular flexibility index (Phi) is 4.32. The van der Waals surface area contributed by atoms with Crippen LogP contribution < -0.4 is 0 Å². The quantitative estimate of drug-likeness (QED) is 0.485. The molecule has 0 aliphatic carbocycles. The molecule has 0 radical (unpaired) electrons. The van der Waals surface area contributed by atoms with Crippen molar-refractivity contribution in [3.8, 4) is 11.3 Å². The molecule has 3 nitrogen and oxygen atoms in total. The van der Waals surface area contributed by atoms with E-state index in [-0.39, 0.29) is 5.92 Å². The highest BCUT2D eigenvalue weighted by Gasteiger charge is 2.21. The zero-order valence-electron chi connectivity index (χ0n) is 13.3. The third kappa shape index (κ3) is 3.32. The zero-order chi connectivity index (χ0) is 17.1. The van der Waals surface area contributed by atoms with Gasteiger partial charge in [-0.15, -0.1) is 0 Å². The Morgan fingerprint density at radius 3 is 2.20 bits per heavy atom. The molecule has 0 fully saturated rings. The molecule has 0 aliphatic heterocycles. The lowest BCUT2D eigenvalue weighted by molar-refractivity contribution is 0.515. The summed E-state index contributed by atoms with van der Waals surface area (Å²) >= 11 is 6.04. The molecule has 2 heterocycles. The van der Waals surface area contributed by atoms with E-state index in [1.54, 1.807) is 0 Å². The minimum Gasteiger partial charge on any atom is -0.460 e.